The van der Waals surface area contributed by atoms with Crippen LogP contribution in [0.1, 0.15) is 57.8 Å². The molecule has 7 heteroatoms. The molecule has 0 aromatic heterocycles. The van der Waals surface area contributed by atoms with E-state index in [1.165, 1.54) is 6.07 Å². The number of benzene rings is 1. The molecule has 1 fully saturated rings. The van der Waals surface area contributed by atoms with Gasteiger partial charge in [-0.05, 0) is 71.6 Å². The summed E-state index contributed by atoms with van der Waals surface area (Å²) in [6, 6.07) is 4.87. The van der Waals surface area contributed by atoms with E-state index in [0.717, 1.165) is 17.3 Å². The molecule has 1 aromatic rings. The van der Waals surface area contributed by atoms with Gasteiger partial charge in [0.25, 0.3) is 5.91 Å². The van der Waals surface area contributed by atoms with Crippen LogP contribution in [-0.2, 0) is 4.74 Å². The molecule has 28 heavy (non-hydrogen) atoms. The Morgan fingerprint density at radius 3 is 2.64 bits per heavy atom. The van der Waals surface area contributed by atoms with Crippen molar-refractivity contribution in [3.63, 3.8) is 0 Å². The van der Waals surface area contributed by atoms with Crippen LogP contribution in [0, 0.1) is 5.92 Å². The second kappa shape index (κ2) is 9.16. The van der Waals surface area contributed by atoms with Crippen molar-refractivity contribution >= 4 is 27.9 Å². The Kier molecular flexibility index (Phi) is 7.37. The number of carbonyl (C=O) groups excluding carboxylic acids is 2. The monoisotopic (exact) mass is 454 g/mol. The maximum Gasteiger partial charge on any atom is 0.410 e. The van der Waals surface area contributed by atoms with Crippen LogP contribution < -0.4 is 0 Å². The summed E-state index contributed by atoms with van der Waals surface area (Å²) in [4.78, 5) is 29.0. The zero-order chi connectivity index (χ0) is 21.1. The Balaban J connectivity index is 2.08. The Hall–Kier alpha value is -1.76. The van der Waals surface area contributed by atoms with Gasteiger partial charge in [0.1, 0.15) is 11.4 Å². The highest BCUT2D eigenvalue weighted by Crippen LogP contribution is 2.26. The molecule has 0 bridgehead atoms. The molecule has 1 aromatic carbocycles. The van der Waals surface area contributed by atoms with Gasteiger partial charge in [0, 0.05) is 30.1 Å². The zero-order valence-corrected chi connectivity index (χ0v) is 19.0. The van der Waals surface area contributed by atoms with E-state index in [4.69, 9.17) is 4.74 Å². The van der Waals surface area contributed by atoms with E-state index in [9.17, 15) is 14.7 Å². The highest BCUT2D eigenvalue weighted by Gasteiger charge is 2.31. The Morgan fingerprint density at radius 2 is 2.04 bits per heavy atom. The lowest BCUT2D eigenvalue weighted by Gasteiger charge is -2.37. The minimum Gasteiger partial charge on any atom is -0.507 e. The second-order valence-corrected chi connectivity index (χ2v) is 9.56. The summed E-state index contributed by atoms with van der Waals surface area (Å²) in [6.07, 6.45) is 1.49. The van der Waals surface area contributed by atoms with Crippen LogP contribution in [0.5, 0.6) is 5.75 Å². The minimum absolute atomic E-state index is 0.00931. The number of piperidine rings is 1. The first-order valence-electron chi connectivity index (χ1n) is 9.75. The molecule has 1 saturated heterocycles. The zero-order valence-electron chi connectivity index (χ0n) is 17.4. The van der Waals surface area contributed by atoms with Crippen LogP contribution in [0.25, 0.3) is 0 Å². The molecule has 0 saturated carbocycles. The maximum atomic E-state index is 12.9. The first-order chi connectivity index (χ1) is 13.0. The fraction of sp³-hybridized carbons (Fsp3) is 0.619. The minimum atomic E-state index is -0.545. The third kappa shape index (κ3) is 6.12. The third-order valence-electron chi connectivity index (χ3n) is 4.70. The number of amides is 2. The summed E-state index contributed by atoms with van der Waals surface area (Å²) in [5, 5.41) is 10.1. The molecule has 1 aliphatic rings. The van der Waals surface area contributed by atoms with Gasteiger partial charge in [-0.2, -0.15) is 0 Å². The number of hydrogen-bond donors (Lipinski definition) is 1. The molecule has 1 atom stereocenters. The van der Waals surface area contributed by atoms with Crippen molar-refractivity contribution in [3.8, 4) is 5.75 Å². The summed E-state index contributed by atoms with van der Waals surface area (Å²) < 4.78 is 6.29. The molecule has 2 amide bonds. The summed E-state index contributed by atoms with van der Waals surface area (Å²) in [5.41, 5.74) is -0.250. The van der Waals surface area contributed by atoms with Crippen molar-refractivity contribution in [1.29, 1.82) is 0 Å². The van der Waals surface area contributed by atoms with Gasteiger partial charge < -0.3 is 19.6 Å². The van der Waals surface area contributed by atoms with Gasteiger partial charge in [-0.15, -0.1) is 0 Å². The van der Waals surface area contributed by atoms with Crippen molar-refractivity contribution in [2.45, 2.75) is 59.1 Å². The summed E-state index contributed by atoms with van der Waals surface area (Å²) in [6.45, 7) is 11.2. The van der Waals surface area contributed by atoms with Crippen molar-refractivity contribution in [2.24, 2.45) is 5.92 Å². The number of phenols is 1. The topological polar surface area (TPSA) is 70.1 Å². The van der Waals surface area contributed by atoms with Crippen LogP contribution in [0.4, 0.5) is 4.79 Å². The molecule has 2 rings (SSSR count). The summed E-state index contributed by atoms with van der Waals surface area (Å²) >= 11 is 3.35. The lowest BCUT2D eigenvalue weighted by molar-refractivity contribution is 0.0124. The number of aromatic hydroxyl groups is 1. The van der Waals surface area contributed by atoms with Crippen LogP contribution in [0.3, 0.4) is 0 Å². The number of rotatable bonds is 4. The number of ether oxygens (including phenoxy) is 1. The highest BCUT2D eigenvalue weighted by atomic mass is 79.9. The number of nitrogens with zero attached hydrogens (tertiary/aromatic N) is 2. The van der Waals surface area contributed by atoms with Crippen LogP contribution >= 0.6 is 15.9 Å². The van der Waals surface area contributed by atoms with E-state index in [0.29, 0.717) is 25.2 Å². The average Bonchev–Trinajstić information content (AvgIpc) is 2.59. The molecule has 0 aliphatic carbocycles. The van der Waals surface area contributed by atoms with Crippen molar-refractivity contribution < 1.29 is 19.4 Å². The van der Waals surface area contributed by atoms with Gasteiger partial charge in [0.15, 0.2) is 0 Å². The first kappa shape index (κ1) is 22.5. The fourth-order valence-electron chi connectivity index (χ4n) is 3.34. The molecule has 1 heterocycles. The highest BCUT2D eigenvalue weighted by molar-refractivity contribution is 9.10. The number of carbonyl (C=O) groups is 2. The molecule has 1 aliphatic heterocycles. The Bertz CT molecular complexity index is 715. The van der Waals surface area contributed by atoms with E-state index in [2.05, 4.69) is 15.9 Å². The van der Waals surface area contributed by atoms with Gasteiger partial charge in [-0.3, -0.25) is 4.79 Å². The Labute approximate surface area is 176 Å². The van der Waals surface area contributed by atoms with E-state index < -0.39 is 5.60 Å². The van der Waals surface area contributed by atoms with Crippen molar-refractivity contribution in [3.05, 3.63) is 28.2 Å². The molecule has 0 spiro atoms. The largest absolute Gasteiger partial charge is 0.507 e. The van der Waals surface area contributed by atoms with E-state index >= 15 is 0 Å². The predicted molar refractivity (Wildman–Crippen MR) is 113 cm³/mol. The first-order valence-corrected chi connectivity index (χ1v) is 10.5. The van der Waals surface area contributed by atoms with E-state index in [1.807, 2.05) is 34.6 Å². The van der Waals surface area contributed by atoms with Gasteiger partial charge >= 0.3 is 6.09 Å². The molecule has 1 unspecified atom stereocenters. The van der Waals surface area contributed by atoms with Crippen LogP contribution in [0.15, 0.2) is 22.7 Å². The number of likely N-dealkylation sites (tertiary alicyclic amines) is 1. The summed E-state index contributed by atoms with van der Waals surface area (Å²) in [7, 11) is 0. The maximum absolute atomic E-state index is 12.9. The average molecular weight is 455 g/mol. The predicted octanol–water partition coefficient (Wildman–Crippen LogP) is 4.65. The third-order valence-corrected chi connectivity index (χ3v) is 5.19. The van der Waals surface area contributed by atoms with Crippen molar-refractivity contribution in [1.82, 2.24) is 9.80 Å². The lowest BCUT2D eigenvalue weighted by atomic mass is 9.96. The standard InChI is InChI=1S/C21H31BrN2O4/c1-14(2)24(20(27)28-21(3,4)5)13-15-7-6-10-23(12-15)19(26)17-11-16(22)8-9-18(17)25/h8-9,11,14-15,25H,6-7,10,12-13H2,1-5H3. The SMILES string of the molecule is CC(C)N(CC1CCCN(C(=O)c2cc(Br)ccc2O)C1)C(=O)OC(C)(C)C. The molecular weight excluding hydrogens is 424 g/mol. The smallest absolute Gasteiger partial charge is 0.410 e. The number of phenolic OH excluding ortho intramolecular Hbond substituents is 1. The molecule has 1 N–H and O–H groups in total. The van der Waals surface area contributed by atoms with Gasteiger partial charge in [0.2, 0.25) is 0 Å². The van der Waals surface area contributed by atoms with Gasteiger partial charge in [-0.25, -0.2) is 4.79 Å². The lowest BCUT2D eigenvalue weighted by Crippen LogP contribution is -2.48. The number of halogens is 1. The van der Waals surface area contributed by atoms with E-state index in [-0.39, 0.29) is 29.7 Å². The molecule has 6 nitrogen and oxygen atoms in total. The fourth-order valence-corrected chi connectivity index (χ4v) is 3.70. The van der Waals surface area contributed by atoms with E-state index in [1.54, 1.807) is 21.9 Å². The van der Waals surface area contributed by atoms with Gasteiger partial charge in [0.05, 0.1) is 5.56 Å². The Morgan fingerprint density at radius 1 is 1.36 bits per heavy atom. The number of hydrogen-bond acceptors (Lipinski definition) is 4. The molecule has 0 radical (unpaired) electrons. The second-order valence-electron chi connectivity index (χ2n) is 8.65. The van der Waals surface area contributed by atoms with Crippen molar-refractivity contribution in [2.75, 3.05) is 19.6 Å². The molecule has 156 valence electrons. The normalized spacial score (nSPS) is 17.5. The molecular formula is C21H31BrN2O4. The van der Waals surface area contributed by atoms with Crippen LogP contribution in [-0.4, -0.2) is 58.2 Å². The van der Waals surface area contributed by atoms with Crippen LogP contribution in [0.2, 0.25) is 0 Å². The quantitative estimate of drug-likeness (QED) is 0.718. The summed E-state index contributed by atoms with van der Waals surface area (Å²) in [5.74, 6) is -0.0355. The van der Waals surface area contributed by atoms with Gasteiger partial charge in [-0.1, -0.05) is 15.9 Å².